The SMILES string of the molecule is O=C(CC1CCN(c2ncc(Br)cc2F)CC1)N1CCSCC1. The molecule has 3 heterocycles. The van der Waals surface area contributed by atoms with Crippen molar-refractivity contribution in [3.8, 4) is 0 Å². The van der Waals surface area contributed by atoms with Gasteiger partial charge in [0.2, 0.25) is 5.91 Å². The van der Waals surface area contributed by atoms with Gasteiger partial charge in [-0.1, -0.05) is 0 Å². The summed E-state index contributed by atoms with van der Waals surface area (Å²) in [6, 6.07) is 1.45. The quantitative estimate of drug-likeness (QED) is 0.779. The van der Waals surface area contributed by atoms with Crippen molar-refractivity contribution >= 4 is 39.4 Å². The van der Waals surface area contributed by atoms with Gasteiger partial charge in [0.1, 0.15) is 0 Å². The Kier molecular flexibility index (Phi) is 5.80. The number of piperidine rings is 1. The van der Waals surface area contributed by atoms with E-state index in [1.54, 1.807) is 6.20 Å². The molecule has 2 aliphatic rings. The van der Waals surface area contributed by atoms with Crippen LogP contribution in [0.2, 0.25) is 0 Å². The monoisotopic (exact) mass is 401 g/mol. The molecule has 0 bridgehead atoms. The Bertz CT molecular complexity index is 560. The Balaban J connectivity index is 1.51. The largest absolute Gasteiger partial charge is 0.354 e. The van der Waals surface area contributed by atoms with E-state index in [4.69, 9.17) is 0 Å². The molecule has 126 valence electrons. The van der Waals surface area contributed by atoms with Crippen molar-refractivity contribution in [3.63, 3.8) is 0 Å². The van der Waals surface area contributed by atoms with E-state index in [-0.39, 0.29) is 11.7 Å². The van der Waals surface area contributed by atoms with Crippen LogP contribution in [0.15, 0.2) is 16.7 Å². The summed E-state index contributed by atoms with van der Waals surface area (Å²) in [5.74, 6) is 2.94. The Morgan fingerprint density at radius 1 is 1.30 bits per heavy atom. The van der Waals surface area contributed by atoms with Crippen LogP contribution in [-0.2, 0) is 4.79 Å². The Morgan fingerprint density at radius 3 is 2.65 bits per heavy atom. The van der Waals surface area contributed by atoms with Crippen LogP contribution >= 0.6 is 27.7 Å². The fraction of sp³-hybridized carbons (Fsp3) is 0.625. The van der Waals surface area contributed by atoms with E-state index in [9.17, 15) is 9.18 Å². The number of thioether (sulfide) groups is 1. The summed E-state index contributed by atoms with van der Waals surface area (Å²) < 4.78 is 14.6. The van der Waals surface area contributed by atoms with Crippen molar-refractivity contribution in [2.24, 2.45) is 5.92 Å². The standard InChI is InChI=1S/C16H21BrFN3OS/c17-13-10-14(18)16(19-11-13)21-3-1-12(2-4-21)9-15(22)20-5-7-23-8-6-20/h10-12H,1-9H2. The van der Waals surface area contributed by atoms with Crippen LogP contribution in [0.25, 0.3) is 0 Å². The third kappa shape index (κ3) is 4.38. The lowest BCUT2D eigenvalue weighted by atomic mass is 9.93. The van der Waals surface area contributed by atoms with Gasteiger partial charge in [0.25, 0.3) is 0 Å². The lowest BCUT2D eigenvalue weighted by molar-refractivity contribution is -0.132. The van der Waals surface area contributed by atoms with Crippen molar-refractivity contribution in [3.05, 3.63) is 22.6 Å². The summed E-state index contributed by atoms with van der Waals surface area (Å²) in [4.78, 5) is 20.5. The van der Waals surface area contributed by atoms with Crippen LogP contribution in [0.5, 0.6) is 0 Å². The first-order chi connectivity index (χ1) is 11.1. The smallest absolute Gasteiger partial charge is 0.222 e. The zero-order chi connectivity index (χ0) is 16.2. The predicted octanol–water partition coefficient (Wildman–Crippen LogP) is 3.17. The highest BCUT2D eigenvalue weighted by atomic mass is 79.9. The van der Waals surface area contributed by atoms with Crippen LogP contribution in [0.3, 0.4) is 0 Å². The van der Waals surface area contributed by atoms with Crippen molar-refractivity contribution in [1.82, 2.24) is 9.88 Å². The first-order valence-corrected chi connectivity index (χ1v) is 10.00. The van der Waals surface area contributed by atoms with Crippen LogP contribution < -0.4 is 4.90 Å². The molecule has 2 aliphatic heterocycles. The van der Waals surface area contributed by atoms with Gasteiger partial charge in [0.05, 0.1) is 0 Å². The molecule has 1 aromatic rings. The number of carbonyl (C=O) groups excluding carboxylic acids is 1. The molecule has 0 radical (unpaired) electrons. The fourth-order valence-electron chi connectivity index (χ4n) is 3.18. The molecule has 0 saturated carbocycles. The second-order valence-electron chi connectivity index (χ2n) is 6.09. The zero-order valence-corrected chi connectivity index (χ0v) is 15.4. The molecule has 0 aromatic carbocycles. The van der Waals surface area contributed by atoms with Gasteiger partial charge >= 0.3 is 0 Å². The molecular formula is C16H21BrFN3OS. The van der Waals surface area contributed by atoms with Crippen molar-refractivity contribution in [2.75, 3.05) is 42.6 Å². The van der Waals surface area contributed by atoms with Gasteiger partial charge in [-0.15, -0.1) is 0 Å². The second-order valence-corrected chi connectivity index (χ2v) is 8.23. The minimum Gasteiger partial charge on any atom is -0.354 e. The fourth-order valence-corrected chi connectivity index (χ4v) is 4.38. The first kappa shape index (κ1) is 17.0. The van der Waals surface area contributed by atoms with Gasteiger partial charge in [-0.2, -0.15) is 11.8 Å². The minimum absolute atomic E-state index is 0.289. The summed E-state index contributed by atoms with van der Waals surface area (Å²) >= 11 is 5.15. The predicted molar refractivity (Wildman–Crippen MR) is 95.4 cm³/mol. The lowest BCUT2D eigenvalue weighted by Crippen LogP contribution is -2.41. The van der Waals surface area contributed by atoms with E-state index >= 15 is 0 Å². The molecule has 7 heteroatoms. The van der Waals surface area contributed by atoms with Gasteiger partial charge in [0, 0.05) is 54.8 Å². The van der Waals surface area contributed by atoms with Crippen molar-refractivity contribution in [1.29, 1.82) is 0 Å². The highest BCUT2D eigenvalue weighted by Gasteiger charge is 2.26. The van der Waals surface area contributed by atoms with Gasteiger partial charge in [0.15, 0.2) is 11.6 Å². The molecule has 0 aliphatic carbocycles. The Hall–Kier alpha value is -0.820. The summed E-state index contributed by atoms with van der Waals surface area (Å²) in [6.07, 6.45) is 4.11. The molecular weight excluding hydrogens is 381 g/mol. The summed E-state index contributed by atoms with van der Waals surface area (Å²) in [7, 11) is 0. The normalized spacial score (nSPS) is 19.9. The van der Waals surface area contributed by atoms with Gasteiger partial charge < -0.3 is 9.80 Å². The molecule has 1 amide bonds. The van der Waals surface area contributed by atoms with E-state index in [1.165, 1.54) is 6.07 Å². The van der Waals surface area contributed by atoms with E-state index in [0.29, 0.717) is 22.6 Å². The molecule has 2 saturated heterocycles. The number of rotatable bonds is 3. The molecule has 4 nitrogen and oxygen atoms in total. The molecule has 0 N–H and O–H groups in total. The van der Waals surface area contributed by atoms with Crippen LogP contribution in [0.4, 0.5) is 10.2 Å². The number of nitrogens with zero attached hydrogens (tertiary/aromatic N) is 3. The number of amides is 1. The van der Waals surface area contributed by atoms with E-state index in [1.807, 2.05) is 21.6 Å². The van der Waals surface area contributed by atoms with Crippen molar-refractivity contribution in [2.45, 2.75) is 19.3 Å². The number of pyridine rings is 1. The van der Waals surface area contributed by atoms with Crippen molar-refractivity contribution < 1.29 is 9.18 Å². The number of hydrogen-bond acceptors (Lipinski definition) is 4. The topological polar surface area (TPSA) is 36.4 Å². The molecule has 0 unspecified atom stereocenters. The lowest BCUT2D eigenvalue weighted by Gasteiger charge is -2.34. The highest BCUT2D eigenvalue weighted by molar-refractivity contribution is 9.10. The third-order valence-electron chi connectivity index (χ3n) is 4.53. The Labute approximate surface area is 148 Å². The maximum absolute atomic E-state index is 14.0. The third-order valence-corrected chi connectivity index (χ3v) is 5.91. The highest BCUT2D eigenvalue weighted by Crippen LogP contribution is 2.27. The first-order valence-electron chi connectivity index (χ1n) is 8.05. The molecule has 23 heavy (non-hydrogen) atoms. The van der Waals surface area contributed by atoms with Gasteiger partial charge in [-0.05, 0) is 40.8 Å². The maximum Gasteiger partial charge on any atom is 0.222 e. The second kappa shape index (κ2) is 7.83. The molecule has 2 fully saturated rings. The van der Waals surface area contributed by atoms with Crippen LogP contribution in [0.1, 0.15) is 19.3 Å². The van der Waals surface area contributed by atoms with E-state index < -0.39 is 0 Å². The van der Waals surface area contributed by atoms with E-state index in [2.05, 4.69) is 20.9 Å². The number of hydrogen-bond donors (Lipinski definition) is 0. The number of anilines is 1. The zero-order valence-electron chi connectivity index (χ0n) is 13.0. The number of carbonyl (C=O) groups is 1. The maximum atomic E-state index is 14.0. The molecule has 1 aromatic heterocycles. The van der Waals surface area contributed by atoms with Crippen LogP contribution in [-0.4, -0.2) is 53.5 Å². The molecule has 3 rings (SSSR count). The molecule has 0 atom stereocenters. The number of halogens is 2. The Morgan fingerprint density at radius 2 is 2.00 bits per heavy atom. The van der Waals surface area contributed by atoms with Crippen LogP contribution in [0, 0.1) is 11.7 Å². The number of aromatic nitrogens is 1. The minimum atomic E-state index is -0.292. The average molecular weight is 402 g/mol. The summed E-state index contributed by atoms with van der Waals surface area (Å²) in [6.45, 7) is 3.30. The van der Waals surface area contributed by atoms with Gasteiger partial charge in [-0.25, -0.2) is 9.37 Å². The average Bonchev–Trinajstić information content (AvgIpc) is 2.57. The van der Waals surface area contributed by atoms with Gasteiger partial charge in [-0.3, -0.25) is 4.79 Å². The molecule has 0 spiro atoms. The summed E-state index contributed by atoms with van der Waals surface area (Å²) in [5.41, 5.74) is 0. The summed E-state index contributed by atoms with van der Waals surface area (Å²) in [5, 5.41) is 0. The van der Waals surface area contributed by atoms with E-state index in [0.717, 1.165) is 50.5 Å².